The van der Waals surface area contributed by atoms with Gasteiger partial charge in [-0.05, 0) is 19.4 Å². The van der Waals surface area contributed by atoms with Crippen LogP contribution >= 0.6 is 0 Å². The van der Waals surface area contributed by atoms with E-state index in [1.54, 1.807) is 0 Å². The van der Waals surface area contributed by atoms with Crippen molar-refractivity contribution in [2.45, 2.75) is 46.1 Å². The van der Waals surface area contributed by atoms with E-state index in [-0.39, 0.29) is 0 Å². The fourth-order valence-electron chi connectivity index (χ4n) is 1.60. The molecule has 0 atom stereocenters. The van der Waals surface area contributed by atoms with Crippen LogP contribution in [-0.4, -0.2) is 21.5 Å². The van der Waals surface area contributed by atoms with E-state index >= 15 is 0 Å². The summed E-state index contributed by atoms with van der Waals surface area (Å²) < 4.78 is 2.02. The van der Waals surface area contributed by atoms with Crippen LogP contribution in [0.2, 0.25) is 0 Å². The lowest BCUT2D eigenvalue weighted by atomic mass is 10.1. The van der Waals surface area contributed by atoms with Crippen molar-refractivity contribution < 1.29 is 0 Å². The molecule has 14 heavy (non-hydrogen) atoms. The molecule has 0 saturated heterocycles. The van der Waals surface area contributed by atoms with E-state index in [1.807, 2.05) is 4.68 Å². The van der Waals surface area contributed by atoms with Crippen LogP contribution < -0.4 is 5.73 Å². The highest BCUT2D eigenvalue weighted by atomic mass is 15.4. The average molecular weight is 196 g/mol. The molecule has 80 valence electrons. The second kappa shape index (κ2) is 5.75. The Bertz CT molecular complexity index is 244. The van der Waals surface area contributed by atoms with Crippen molar-refractivity contribution in [3.63, 3.8) is 0 Å². The zero-order valence-corrected chi connectivity index (χ0v) is 9.16. The van der Waals surface area contributed by atoms with Crippen molar-refractivity contribution in [2.24, 2.45) is 5.73 Å². The van der Waals surface area contributed by atoms with Crippen LogP contribution in [0.15, 0.2) is 0 Å². The van der Waals surface area contributed by atoms with Crippen molar-refractivity contribution in [3.05, 3.63) is 11.4 Å². The molecule has 0 bridgehead atoms. The maximum Gasteiger partial charge on any atom is 0.0871 e. The summed E-state index contributed by atoms with van der Waals surface area (Å²) in [5.41, 5.74) is 7.90. The summed E-state index contributed by atoms with van der Waals surface area (Å²) in [6.45, 7) is 5.95. The predicted octanol–water partition coefficient (Wildman–Crippen LogP) is 1.14. The Morgan fingerprint density at radius 1 is 1.21 bits per heavy atom. The first-order chi connectivity index (χ1) is 6.83. The van der Waals surface area contributed by atoms with Gasteiger partial charge in [0.2, 0.25) is 0 Å². The molecule has 1 aromatic heterocycles. The van der Waals surface area contributed by atoms with Crippen molar-refractivity contribution in [2.75, 3.05) is 6.54 Å². The monoisotopic (exact) mass is 196 g/mol. The summed E-state index contributed by atoms with van der Waals surface area (Å²) in [7, 11) is 0. The molecule has 0 aromatic carbocycles. The van der Waals surface area contributed by atoms with Gasteiger partial charge >= 0.3 is 0 Å². The molecule has 4 nitrogen and oxygen atoms in total. The zero-order chi connectivity index (χ0) is 10.4. The molecule has 1 rings (SSSR count). The first kappa shape index (κ1) is 11.2. The SMILES string of the molecule is CCCc1c(CCN)nnn1CCC. The molecule has 0 amide bonds. The number of aromatic nitrogens is 3. The minimum absolute atomic E-state index is 0.654. The first-order valence-electron chi connectivity index (χ1n) is 5.44. The summed E-state index contributed by atoms with van der Waals surface area (Å²) in [4.78, 5) is 0. The minimum Gasteiger partial charge on any atom is -0.330 e. The second-order valence-corrected chi connectivity index (χ2v) is 3.49. The van der Waals surface area contributed by atoms with Crippen molar-refractivity contribution in [1.29, 1.82) is 0 Å². The Balaban J connectivity index is 2.82. The molecule has 0 aliphatic carbocycles. The normalized spacial score (nSPS) is 10.8. The fourth-order valence-corrected chi connectivity index (χ4v) is 1.60. The summed E-state index contributed by atoms with van der Waals surface area (Å²) in [6, 6.07) is 0. The summed E-state index contributed by atoms with van der Waals surface area (Å²) in [5.74, 6) is 0. The van der Waals surface area contributed by atoms with Gasteiger partial charge < -0.3 is 5.73 Å². The number of rotatable bonds is 6. The average Bonchev–Trinajstić information content (AvgIpc) is 2.52. The van der Waals surface area contributed by atoms with Gasteiger partial charge in [0.25, 0.3) is 0 Å². The van der Waals surface area contributed by atoms with Gasteiger partial charge in [-0.2, -0.15) is 0 Å². The molecular weight excluding hydrogens is 176 g/mol. The van der Waals surface area contributed by atoms with Gasteiger partial charge in [-0.3, -0.25) is 0 Å². The van der Waals surface area contributed by atoms with Gasteiger partial charge in [0.1, 0.15) is 0 Å². The van der Waals surface area contributed by atoms with E-state index in [2.05, 4.69) is 24.2 Å². The van der Waals surface area contributed by atoms with Gasteiger partial charge in [0.05, 0.1) is 11.4 Å². The van der Waals surface area contributed by atoms with Crippen LogP contribution in [-0.2, 0) is 19.4 Å². The van der Waals surface area contributed by atoms with E-state index in [0.717, 1.165) is 37.9 Å². The van der Waals surface area contributed by atoms with Crippen LogP contribution in [0.25, 0.3) is 0 Å². The quantitative estimate of drug-likeness (QED) is 0.742. The molecule has 0 saturated carbocycles. The van der Waals surface area contributed by atoms with Crippen molar-refractivity contribution >= 4 is 0 Å². The first-order valence-corrected chi connectivity index (χ1v) is 5.44. The third kappa shape index (κ3) is 2.54. The molecule has 1 heterocycles. The Kier molecular flexibility index (Phi) is 4.59. The van der Waals surface area contributed by atoms with Crippen LogP contribution in [0.3, 0.4) is 0 Å². The highest BCUT2D eigenvalue weighted by Gasteiger charge is 2.10. The molecule has 0 fully saturated rings. The maximum atomic E-state index is 5.53. The topological polar surface area (TPSA) is 56.7 Å². The Hall–Kier alpha value is -0.900. The van der Waals surface area contributed by atoms with Gasteiger partial charge in [-0.15, -0.1) is 5.10 Å². The molecule has 0 spiro atoms. The summed E-state index contributed by atoms with van der Waals surface area (Å²) in [5, 5.41) is 8.33. The van der Waals surface area contributed by atoms with E-state index in [9.17, 15) is 0 Å². The molecule has 0 aliphatic rings. The van der Waals surface area contributed by atoms with Crippen molar-refractivity contribution in [1.82, 2.24) is 15.0 Å². The molecular formula is C10H20N4. The largest absolute Gasteiger partial charge is 0.330 e. The standard InChI is InChI=1S/C10H20N4/c1-3-5-10-9(6-7-11)12-13-14(10)8-4-2/h3-8,11H2,1-2H3. The number of aryl methyl sites for hydroxylation is 1. The molecule has 4 heteroatoms. The van der Waals surface area contributed by atoms with Gasteiger partial charge in [-0.1, -0.05) is 25.5 Å². The smallest absolute Gasteiger partial charge is 0.0871 e. The number of nitrogens with two attached hydrogens (primary N) is 1. The molecule has 0 unspecified atom stereocenters. The Morgan fingerprint density at radius 3 is 2.57 bits per heavy atom. The maximum absolute atomic E-state index is 5.53. The molecule has 2 N–H and O–H groups in total. The zero-order valence-electron chi connectivity index (χ0n) is 9.16. The van der Waals surface area contributed by atoms with Gasteiger partial charge in [0, 0.05) is 13.0 Å². The van der Waals surface area contributed by atoms with E-state index in [0.29, 0.717) is 6.54 Å². The highest BCUT2D eigenvalue weighted by molar-refractivity contribution is 5.10. The minimum atomic E-state index is 0.654. The third-order valence-electron chi connectivity index (χ3n) is 2.22. The van der Waals surface area contributed by atoms with Crippen LogP contribution in [0.1, 0.15) is 38.1 Å². The lowest BCUT2D eigenvalue weighted by Crippen LogP contribution is -2.08. The van der Waals surface area contributed by atoms with E-state index < -0.39 is 0 Å². The van der Waals surface area contributed by atoms with E-state index in [1.165, 1.54) is 5.69 Å². The Morgan fingerprint density at radius 2 is 2.00 bits per heavy atom. The lowest BCUT2D eigenvalue weighted by molar-refractivity contribution is 0.552. The fraction of sp³-hybridized carbons (Fsp3) is 0.800. The summed E-state index contributed by atoms with van der Waals surface area (Å²) >= 11 is 0. The lowest BCUT2D eigenvalue weighted by Gasteiger charge is -2.04. The third-order valence-corrected chi connectivity index (χ3v) is 2.22. The number of hydrogen-bond acceptors (Lipinski definition) is 3. The van der Waals surface area contributed by atoms with Crippen LogP contribution in [0.5, 0.6) is 0 Å². The number of hydrogen-bond donors (Lipinski definition) is 1. The van der Waals surface area contributed by atoms with E-state index in [4.69, 9.17) is 5.73 Å². The molecule has 1 aromatic rings. The van der Waals surface area contributed by atoms with Crippen molar-refractivity contribution in [3.8, 4) is 0 Å². The van der Waals surface area contributed by atoms with Crippen LogP contribution in [0, 0.1) is 0 Å². The highest BCUT2D eigenvalue weighted by Crippen LogP contribution is 2.09. The van der Waals surface area contributed by atoms with Crippen LogP contribution in [0.4, 0.5) is 0 Å². The number of nitrogens with zero attached hydrogens (tertiary/aromatic N) is 3. The molecule has 0 radical (unpaired) electrons. The second-order valence-electron chi connectivity index (χ2n) is 3.49. The summed E-state index contributed by atoms with van der Waals surface area (Å²) in [6.07, 6.45) is 4.14. The van der Waals surface area contributed by atoms with Gasteiger partial charge in [0.15, 0.2) is 0 Å². The predicted molar refractivity (Wildman–Crippen MR) is 57.1 cm³/mol. The van der Waals surface area contributed by atoms with Gasteiger partial charge in [-0.25, -0.2) is 4.68 Å². The Labute approximate surface area is 85.5 Å². The molecule has 0 aliphatic heterocycles.